The SMILES string of the molecule is C/C=C\N(C(C)C)C(C)(C)c1ncc[nH]1. The van der Waals surface area contributed by atoms with Crippen LogP contribution in [0.15, 0.2) is 24.7 Å². The molecule has 0 aliphatic rings. The number of rotatable bonds is 4. The predicted molar refractivity (Wildman–Crippen MR) is 63.4 cm³/mol. The molecule has 0 atom stereocenters. The Morgan fingerprint density at radius 3 is 2.53 bits per heavy atom. The molecule has 3 nitrogen and oxygen atoms in total. The van der Waals surface area contributed by atoms with Gasteiger partial charge in [0.15, 0.2) is 0 Å². The van der Waals surface area contributed by atoms with E-state index >= 15 is 0 Å². The lowest BCUT2D eigenvalue weighted by Crippen LogP contribution is -2.42. The van der Waals surface area contributed by atoms with Crippen molar-refractivity contribution in [3.63, 3.8) is 0 Å². The van der Waals surface area contributed by atoms with Crippen LogP contribution in [0.1, 0.15) is 40.4 Å². The summed E-state index contributed by atoms with van der Waals surface area (Å²) in [5, 5.41) is 0. The third-order valence-corrected chi connectivity index (χ3v) is 2.59. The summed E-state index contributed by atoms with van der Waals surface area (Å²) < 4.78 is 0. The summed E-state index contributed by atoms with van der Waals surface area (Å²) in [6, 6.07) is 0.446. The number of aromatic amines is 1. The van der Waals surface area contributed by atoms with Crippen LogP contribution < -0.4 is 0 Å². The van der Waals surface area contributed by atoms with E-state index in [1.54, 1.807) is 6.20 Å². The molecule has 0 aromatic carbocycles. The molecule has 3 heteroatoms. The maximum Gasteiger partial charge on any atom is 0.131 e. The van der Waals surface area contributed by atoms with E-state index in [2.05, 4.69) is 54.8 Å². The fourth-order valence-electron chi connectivity index (χ4n) is 1.89. The maximum atomic E-state index is 4.34. The van der Waals surface area contributed by atoms with E-state index in [0.29, 0.717) is 6.04 Å². The third kappa shape index (κ3) is 2.41. The monoisotopic (exact) mass is 207 g/mol. The molecule has 1 rings (SSSR count). The number of aromatic nitrogens is 2. The number of imidazole rings is 1. The Labute approximate surface area is 92.2 Å². The molecular formula is C12H21N3. The Morgan fingerprint density at radius 2 is 2.13 bits per heavy atom. The molecule has 1 aromatic rings. The quantitative estimate of drug-likeness (QED) is 0.823. The molecule has 0 unspecified atom stereocenters. The second-order valence-electron chi connectivity index (χ2n) is 4.48. The van der Waals surface area contributed by atoms with Gasteiger partial charge in [-0.15, -0.1) is 0 Å². The largest absolute Gasteiger partial charge is 0.363 e. The smallest absolute Gasteiger partial charge is 0.131 e. The molecule has 0 amide bonds. The first-order valence-electron chi connectivity index (χ1n) is 5.41. The first-order chi connectivity index (χ1) is 7.00. The van der Waals surface area contributed by atoms with Crippen LogP contribution in [-0.4, -0.2) is 20.9 Å². The first kappa shape index (κ1) is 11.8. The molecule has 1 N–H and O–H groups in total. The van der Waals surface area contributed by atoms with Crippen molar-refractivity contribution in [2.24, 2.45) is 0 Å². The highest BCUT2D eigenvalue weighted by Crippen LogP contribution is 2.27. The fraction of sp³-hybridized carbons (Fsp3) is 0.583. The van der Waals surface area contributed by atoms with Gasteiger partial charge in [-0.2, -0.15) is 0 Å². The summed E-state index contributed by atoms with van der Waals surface area (Å²) in [4.78, 5) is 9.82. The van der Waals surface area contributed by atoms with Gasteiger partial charge in [-0.05, 0) is 40.8 Å². The minimum Gasteiger partial charge on any atom is -0.363 e. The standard InChI is InChI=1S/C12H21N3/c1-6-9-15(10(2)3)12(4,5)11-13-7-8-14-11/h6-10H,1-5H3,(H,13,14)/b9-6-. The first-order valence-corrected chi connectivity index (χ1v) is 5.41. The van der Waals surface area contributed by atoms with Crippen LogP contribution >= 0.6 is 0 Å². The predicted octanol–water partition coefficient (Wildman–Crippen LogP) is 2.89. The molecule has 0 fully saturated rings. The van der Waals surface area contributed by atoms with Crippen molar-refractivity contribution >= 4 is 0 Å². The minimum atomic E-state index is -0.107. The molecule has 0 bridgehead atoms. The van der Waals surface area contributed by atoms with Gasteiger partial charge in [0.25, 0.3) is 0 Å². The van der Waals surface area contributed by atoms with Crippen molar-refractivity contribution in [3.05, 3.63) is 30.5 Å². The van der Waals surface area contributed by atoms with Crippen molar-refractivity contribution in [2.75, 3.05) is 0 Å². The zero-order valence-corrected chi connectivity index (χ0v) is 10.3. The highest BCUT2D eigenvalue weighted by atomic mass is 15.2. The Hall–Kier alpha value is -1.25. The average molecular weight is 207 g/mol. The van der Waals surface area contributed by atoms with Crippen molar-refractivity contribution < 1.29 is 0 Å². The molecule has 0 radical (unpaired) electrons. The van der Waals surface area contributed by atoms with Crippen LogP contribution in [-0.2, 0) is 5.54 Å². The zero-order valence-electron chi connectivity index (χ0n) is 10.3. The molecule has 1 aromatic heterocycles. The van der Waals surface area contributed by atoms with Crippen molar-refractivity contribution in [2.45, 2.75) is 46.2 Å². The van der Waals surface area contributed by atoms with Crippen LogP contribution in [0.25, 0.3) is 0 Å². The van der Waals surface area contributed by atoms with E-state index in [9.17, 15) is 0 Å². The highest BCUT2D eigenvalue weighted by molar-refractivity contribution is 5.06. The normalized spacial score (nSPS) is 12.7. The molecule has 15 heavy (non-hydrogen) atoms. The molecular weight excluding hydrogens is 186 g/mol. The molecule has 0 saturated heterocycles. The van der Waals surface area contributed by atoms with Crippen molar-refractivity contribution in [3.8, 4) is 0 Å². The van der Waals surface area contributed by atoms with E-state index in [0.717, 1.165) is 5.82 Å². The van der Waals surface area contributed by atoms with Gasteiger partial charge >= 0.3 is 0 Å². The van der Waals surface area contributed by atoms with Gasteiger partial charge in [0, 0.05) is 18.4 Å². The van der Waals surface area contributed by atoms with Crippen LogP contribution in [0.4, 0.5) is 0 Å². The van der Waals surface area contributed by atoms with E-state index in [-0.39, 0.29) is 5.54 Å². The van der Waals surface area contributed by atoms with E-state index in [1.165, 1.54) is 0 Å². The maximum absolute atomic E-state index is 4.34. The molecule has 0 saturated carbocycles. The van der Waals surface area contributed by atoms with Gasteiger partial charge in [0.2, 0.25) is 0 Å². The van der Waals surface area contributed by atoms with Crippen LogP contribution in [0.2, 0.25) is 0 Å². The lowest BCUT2D eigenvalue weighted by Gasteiger charge is -2.39. The average Bonchev–Trinajstić information content (AvgIpc) is 2.66. The summed E-state index contributed by atoms with van der Waals surface area (Å²) in [6.45, 7) is 10.8. The Bertz CT molecular complexity index is 310. The van der Waals surface area contributed by atoms with Gasteiger partial charge in [-0.3, -0.25) is 0 Å². The minimum absolute atomic E-state index is 0.107. The molecule has 84 valence electrons. The number of allylic oxidation sites excluding steroid dienone is 1. The van der Waals surface area contributed by atoms with Crippen molar-refractivity contribution in [1.82, 2.24) is 14.9 Å². The van der Waals surface area contributed by atoms with Crippen LogP contribution in [0, 0.1) is 0 Å². The van der Waals surface area contributed by atoms with Gasteiger partial charge in [0.1, 0.15) is 5.82 Å². The van der Waals surface area contributed by atoms with Gasteiger partial charge in [-0.1, -0.05) is 6.08 Å². The number of nitrogens with zero attached hydrogens (tertiary/aromatic N) is 2. The van der Waals surface area contributed by atoms with Gasteiger partial charge in [0.05, 0.1) is 5.54 Å². The van der Waals surface area contributed by atoms with Gasteiger partial charge in [-0.25, -0.2) is 4.98 Å². The number of hydrogen-bond acceptors (Lipinski definition) is 2. The Balaban J connectivity index is 3.01. The second kappa shape index (κ2) is 4.51. The second-order valence-corrected chi connectivity index (χ2v) is 4.48. The molecule has 1 heterocycles. The third-order valence-electron chi connectivity index (χ3n) is 2.59. The number of hydrogen-bond donors (Lipinski definition) is 1. The number of nitrogens with one attached hydrogen (secondary N) is 1. The van der Waals surface area contributed by atoms with Crippen LogP contribution in [0.3, 0.4) is 0 Å². The summed E-state index contributed by atoms with van der Waals surface area (Å²) >= 11 is 0. The number of H-pyrrole nitrogens is 1. The lowest BCUT2D eigenvalue weighted by atomic mass is 10.0. The Kier molecular flexibility index (Phi) is 3.56. The lowest BCUT2D eigenvalue weighted by molar-refractivity contribution is 0.138. The van der Waals surface area contributed by atoms with E-state index < -0.39 is 0 Å². The summed E-state index contributed by atoms with van der Waals surface area (Å²) in [5.41, 5.74) is -0.107. The van der Waals surface area contributed by atoms with Gasteiger partial charge < -0.3 is 9.88 Å². The molecule has 0 aliphatic carbocycles. The fourth-order valence-corrected chi connectivity index (χ4v) is 1.89. The topological polar surface area (TPSA) is 31.9 Å². The van der Waals surface area contributed by atoms with Crippen molar-refractivity contribution in [1.29, 1.82) is 0 Å². The zero-order chi connectivity index (χ0) is 11.5. The highest BCUT2D eigenvalue weighted by Gasteiger charge is 2.30. The Morgan fingerprint density at radius 1 is 1.47 bits per heavy atom. The summed E-state index contributed by atoms with van der Waals surface area (Å²) in [7, 11) is 0. The molecule has 0 aliphatic heterocycles. The summed E-state index contributed by atoms with van der Waals surface area (Å²) in [6.07, 6.45) is 7.84. The summed E-state index contributed by atoms with van der Waals surface area (Å²) in [5.74, 6) is 0.995. The van der Waals surface area contributed by atoms with E-state index in [1.807, 2.05) is 13.1 Å². The van der Waals surface area contributed by atoms with Crippen LogP contribution in [0.5, 0.6) is 0 Å². The molecule has 0 spiro atoms. The van der Waals surface area contributed by atoms with E-state index in [4.69, 9.17) is 0 Å².